The minimum absolute atomic E-state index is 0.0753. The molecule has 0 radical (unpaired) electrons. The molecule has 0 bridgehead atoms. The van der Waals surface area contributed by atoms with Crippen LogP contribution in [0.4, 0.5) is 5.69 Å². The molecule has 8 nitrogen and oxygen atoms in total. The van der Waals surface area contributed by atoms with E-state index in [0.29, 0.717) is 11.4 Å². The fourth-order valence-electron chi connectivity index (χ4n) is 2.12. The molecule has 0 spiro atoms. The van der Waals surface area contributed by atoms with Crippen LogP contribution in [0.15, 0.2) is 59.5 Å². The minimum atomic E-state index is -3.81. The van der Waals surface area contributed by atoms with Gasteiger partial charge in [0.15, 0.2) is 6.10 Å². The number of nitrogens with two attached hydrogens (primary N) is 1. The summed E-state index contributed by atoms with van der Waals surface area (Å²) in [5.74, 6) is -0.542. The number of carbonyl (C=O) groups excluding carboxylic acids is 2. The number of hydrogen-bond donors (Lipinski definition) is 2. The van der Waals surface area contributed by atoms with Crippen molar-refractivity contribution in [1.29, 1.82) is 0 Å². The fraction of sp³-hybridized carbons (Fsp3) is 0.158. The number of primary sulfonamides is 1. The Labute approximate surface area is 163 Å². The van der Waals surface area contributed by atoms with E-state index in [1.807, 2.05) is 0 Å². The monoisotopic (exact) mass is 404 g/mol. The van der Waals surface area contributed by atoms with E-state index >= 15 is 0 Å². The molecule has 9 heteroatoms. The summed E-state index contributed by atoms with van der Waals surface area (Å²) in [5, 5.41) is 7.53. The maximum Gasteiger partial charge on any atom is 0.331 e. The van der Waals surface area contributed by atoms with Crippen LogP contribution in [-0.4, -0.2) is 33.5 Å². The lowest BCUT2D eigenvalue weighted by molar-refractivity contribution is -0.148. The van der Waals surface area contributed by atoms with E-state index in [0.717, 1.165) is 5.56 Å². The Bertz CT molecular complexity index is 966. The topological polar surface area (TPSA) is 125 Å². The summed E-state index contributed by atoms with van der Waals surface area (Å²) >= 11 is 0. The van der Waals surface area contributed by atoms with Crippen LogP contribution in [0.2, 0.25) is 0 Å². The first-order chi connectivity index (χ1) is 13.2. The van der Waals surface area contributed by atoms with E-state index in [1.54, 1.807) is 37.5 Å². The van der Waals surface area contributed by atoms with E-state index in [2.05, 4.69) is 5.32 Å². The molecule has 0 unspecified atom stereocenters. The SMILES string of the molecule is COc1ccc(/C=C/C(=O)O[C@H](C)C(=O)Nc2ccc(S(N)(=O)=O)cc2)cc1. The summed E-state index contributed by atoms with van der Waals surface area (Å²) in [6.45, 7) is 1.42. The quantitative estimate of drug-likeness (QED) is 0.537. The number of nitrogens with one attached hydrogen (secondary N) is 1. The van der Waals surface area contributed by atoms with Gasteiger partial charge in [-0.15, -0.1) is 0 Å². The van der Waals surface area contributed by atoms with Crippen LogP contribution in [0, 0.1) is 0 Å². The minimum Gasteiger partial charge on any atom is -0.497 e. The number of benzene rings is 2. The van der Waals surface area contributed by atoms with Crippen molar-refractivity contribution in [2.75, 3.05) is 12.4 Å². The maximum absolute atomic E-state index is 12.1. The second-order valence-electron chi connectivity index (χ2n) is 5.74. The summed E-state index contributed by atoms with van der Waals surface area (Å²) in [6, 6.07) is 12.3. The number of sulfonamides is 1. The Morgan fingerprint density at radius 1 is 1.07 bits per heavy atom. The van der Waals surface area contributed by atoms with Gasteiger partial charge in [0, 0.05) is 11.8 Å². The molecule has 2 aromatic rings. The Morgan fingerprint density at radius 3 is 2.21 bits per heavy atom. The lowest BCUT2D eigenvalue weighted by Crippen LogP contribution is -2.29. The third kappa shape index (κ3) is 6.22. The number of amides is 1. The molecule has 1 atom stereocenters. The van der Waals surface area contributed by atoms with Crippen molar-refractivity contribution >= 4 is 33.7 Å². The van der Waals surface area contributed by atoms with Gasteiger partial charge in [0.1, 0.15) is 5.75 Å². The van der Waals surface area contributed by atoms with Crippen LogP contribution in [0.25, 0.3) is 6.08 Å². The molecule has 0 aromatic heterocycles. The van der Waals surface area contributed by atoms with Crippen LogP contribution in [-0.2, 0) is 24.3 Å². The largest absolute Gasteiger partial charge is 0.497 e. The summed E-state index contributed by atoms with van der Waals surface area (Å²) in [4.78, 5) is 23.9. The van der Waals surface area contributed by atoms with Gasteiger partial charge in [0.25, 0.3) is 5.91 Å². The zero-order chi connectivity index (χ0) is 20.7. The molecule has 0 saturated carbocycles. The van der Waals surface area contributed by atoms with Crippen molar-refractivity contribution in [3.63, 3.8) is 0 Å². The molecule has 0 fully saturated rings. The summed E-state index contributed by atoms with van der Waals surface area (Å²) in [7, 11) is -2.25. The van der Waals surface area contributed by atoms with Crippen molar-refractivity contribution in [3.8, 4) is 5.75 Å². The van der Waals surface area contributed by atoms with Crippen LogP contribution in [0.3, 0.4) is 0 Å². The Kier molecular flexibility index (Phi) is 6.91. The zero-order valence-electron chi connectivity index (χ0n) is 15.3. The summed E-state index contributed by atoms with van der Waals surface area (Å²) in [5.41, 5.74) is 1.11. The number of carbonyl (C=O) groups is 2. The molecule has 0 aliphatic heterocycles. The molecule has 28 heavy (non-hydrogen) atoms. The highest BCUT2D eigenvalue weighted by atomic mass is 32.2. The van der Waals surface area contributed by atoms with Crippen molar-refractivity contribution in [2.24, 2.45) is 5.14 Å². The highest BCUT2D eigenvalue weighted by Gasteiger charge is 2.17. The first-order valence-corrected chi connectivity index (χ1v) is 9.70. The Hall–Kier alpha value is -3.17. The molecule has 3 N–H and O–H groups in total. The smallest absolute Gasteiger partial charge is 0.331 e. The van der Waals surface area contributed by atoms with Crippen molar-refractivity contribution in [2.45, 2.75) is 17.9 Å². The standard InChI is InChI=1S/C19H20N2O6S/c1-13(19(23)21-15-6-10-17(11-7-15)28(20,24)25)27-18(22)12-5-14-3-8-16(26-2)9-4-14/h3-13H,1-2H3,(H,21,23)(H2,20,24,25)/b12-5+/t13-/m1/s1. The van der Waals surface area contributed by atoms with Gasteiger partial charge < -0.3 is 14.8 Å². The van der Waals surface area contributed by atoms with Crippen LogP contribution >= 0.6 is 0 Å². The van der Waals surface area contributed by atoms with Crippen molar-refractivity contribution in [3.05, 3.63) is 60.2 Å². The Morgan fingerprint density at radius 2 is 1.68 bits per heavy atom. The van der Waals surface area contributed by atoms with E-state index < -0.39 is 28.0 Å². The number of esters is 1. The number of hydrogen-bond acceptors (Lipinski definition) is 6. The number of ether oxygens (including phenoxy) is 2. The van der Waals surface area contributed by atoms with Gasteiger partial charge in [-0.2, -0.15) is 0 Å². The average Bonchev–Trinajstić information content (AvgIpc) is 2.66. The van der Waals surface area contributed by atoms with E-state index in [-0.39, 0.29) is 4.90 Å². The molecular weight excluding hydrogens is 384 g/mol. The molecule has 1 amide bonds. The Balaban J connectivity index is 1.90. The molecule has 0 aliphatic rings. The van der Waals surface area contributed by atoms with Gasteiger partial charge in [-0.25, -0.2) is 18.4 Å². The first-order valence-electron chi connectivity index (χ1n) is 8.15. The van der Waals surface area contributed by atoms with E-state index in [1.165, 1.54) is 37.3 Å². The van der Waals surface area contributed by atoms with E-state index in [4.69, 9.17) is 14.6 Å². The van der Waals surface area contributed by atoms with Crippen molar-refractivity contribution < 1.29 is 27.5 Å². The molecule has 148 valence electrons. The van der Waals surface area contributed by atoms with Gasteiger partial charge in [-0.1, -0.05) is 12.1 Å². The molecule has 0 heterocycles. The lowest BCUT2D eigenvalue weighted by Gasteiger charge is -2.12. The normalized spacial score (nSPS) is 12.4. The zero-order valence-corrected chi connectivity index (χ0v) is 16.1. The third-order valence-corrected chi connectivity index (χ3v) is 4.57. The molecule has 0 saturated heterocycles. The number of anilines is 1. The number of methoxy groups -OCH3 is 1. The summed E-state index contributed by atoms with van der Waals surface area (Å²) in [6.07, 6.45) is 1.72. The third-order valence-electron chi connectivity index (χ3n) is 3.64. The van der Waals surface area contributed by atoms with Crippen LogP contribution in [0.1, 0.15) is 12.5 Å². The average molecular weight is 404 g/mol. The van der Waals surface area contributed by atoms with E-state index in [9.17, 15) is 18.0 Å². The lowest BCUT2D eigenvalue weighted by atomic mass is 10.2. The summed E-state index contributed by atoms with van der Waals surface area (Å²) < 4.78 is 32.5. The van der Waals surface area contributed by atoms with Gasteiger partial charge >= 0.3 is 5.97 Å². The highest BCUT2D eigenvalue weighted by Crippen LogP contribution is 2.14. The van der Waals surface area contributed by atoms with Gasteiger partial charge in [0.05, 0.1) is 12.0 Å². The molecule has 2 aromatic carbocycles. The number of rotatable bonds is 7. The predicted molar refractivity (Wildman–Crippen MR) is 104 cm³/mol. The van der Waals surface area contributed by atoms with Gasteiger partial charge in [-0.05, 0) is 55.0 Å². The molecule has 2 rings (SSSR count). The highest BCUT2D eigenvalue weighted by molar-refractivity contribution is 7.89. The second kappa shape index (κ2) is 9.16. The van der Waals surface area contributed by atoms with Crippen molar-refractivity contribution in [1.82, 2.24) is 0 Å². The van der Waals surface area contributed by atoms with Crippen LogP contribution in [0.5, 0.6) is 5.75 Å². The molecule has 0 aliphatic carbocycles. The first kappa shape index (κ1) is 21.1. The maximum atomic E-state index is 12.1. The van der Waals surface area contributed by atoms with Crippen LogP contribution < -0.4 is 15.2 Å². The predicted octanol–water partition coefficient (Wildman–Crippen LogP) is 1.93. The second-order valence-corrected chi connectivity index (χ2v) is 7.31. The fourth-order valence-corrected chi connectivity index (χ4v) is 2.63. The molecular formula is C19H20N2O6S. The van der Waals surface area contributed by atoms with Gasteiger partial charge in [-0.3, -0.25) is 4.79 Å². The van der Waals surface area contributed by atoms with Gasteiger partial charge in [0.2, 0.25) is 10.0 Å².